The van der Waals surface area contributed by atoms with Crippen molar-refractivity contribution in [1.82, 2.24) is 5.32 Å². The summed E-state index contributed by atoms with van der Waals surface area (Å²) in [4.78, 5) is 0. The summed E-state index contributed by atoms with van der Waals surface area (Å²) in [7, 11) is 1.71. The molecule has 0 amide bonds. The van der Waals surface area contributed by atoms with Crippen LogP contribution in [0.3, 0.4) is 0 Å². The van der Waals surface area contributed by atoms with Gasteiger partial charge in [-0.1, -0.05) is 35.0 Å². The van der Waals surface area contributed by atoms with Crippen LogP contribution < -0.4 is 10.1 Å². The highest BCUT2D eigenvalue weighted by molar-refractivity contribution is 14.1. The number of halogens is 2. The van der Waals surface area contributed by atoms with Crippen molar-refractivity contribution in [2.75, 3.05) is 13.7 Å². The van der Waals surface area contributed by atoms with Crippen LogP contribution in [0.15, 0.2) is 46.9 Å². The zero-order valence-corrected chi connectivity index (χ0v) is 15.2. The number of benzene rings is 2. The summed E-state index contributed by atoms with van der Waals surface area (Å²) >= 11 is 5.87. The van der Waals surface area contributed by atoms with Crippen LogP contribution >= 0.6 is 38.5 Å². The molecule has 106 valence electrons. The molecule has 0 bridgehead atoms. The highest BCUT2D eigenvalue weighted by atomic mass is 127. The largest absolute Gasteiger partial charge is 0.496 e. The maximum atomic E-state index is 5.51. The molecule has 1 unspecified atom stereocenters. The lowest BCUT2D eigenvalue weighted by molar-refractivity contribution is 0.404. The third-order valence-corrected chi connectivity index (χ3v) is 4.33. The van der Waals surface area contributed by atoms with E-state index in [2.05, 4.69) is 81.1 Å². The number of rotatable bonds is 5. The molecule has 4 heteroatoms. The summed E-state index contributed by atoms with van der Waals surface area (Å²) < 4.78 is 7.81. The van der Waals surface area contributed by atoms with Gasteiger partial charge in [-0.25, -0.2) is 0 Å². The molecule has 0 saturated carbocycles. The molecule has 1 atom stereocenters. The Morgan fingerprint density at radius 2 is 1.90 bits per heavy atom. The van der Waals surface area contributed by atoms with E-state index in [-0.39, 0.29) is 6.04 Å². The van der Waals surface area contributed by atoms with E-state index in [0.717, 1.165) is 22.3 Å². The van der Waals surface area contributed by atoms with Crippen molar-refractivity contribution in [3.05, 3.63) is 61.6 Å². The number of methoxy groups -OCH3 is 1. The fraction of sp³-hybridized carbons (Fsp3) is 0.250. The van der Waals surface area contributed by atoms with Gasteiger partial charge in [0.2, 0.25) is 0 Å². The zero-order chi connectivity index (χ0) is 14.5. The van der Waals surface area contributed by atoms with Crippen molar-refractivity contribution >= 4 is 38.5 Å². The first-order chi connectivity index (χ1) is 9.65. The van der Waals surface area contributed by atoms with E-state index in [1.165, 1.54) is 9.13 Å². The first-order valence-electron chi connectivity index (χ1n) is 6.48. The van der Waals surface area contributed by atoms with E-state index in [9.17, 15) is 0 Å². The van der Waals surface area contributed by atoms with Gasteiger partial charge in [0.25, 0.3) is 0 Å². The quantitative estimate of drug-likeness (QED) is 0.670. The molecular formula is C16H17BrINO. The van der Waals surface area contributed by atoms with Crippen molar-refractivity contribution in [1.29, 1.82) is 0 Å². The second-order valence-electron chi connectivity index (χ2n) is 4.43. The first-order valence-corrected chi connectivity index (χ1v) is 8.35. The minimum absolute atomic E-state index is 0.129. The Labute approximate surface area is 142 Å². The normalized spacial score (nSPS) is 12.2. The Balaban J connectivity index is 2.47. The average Bonchev–Trinajstić information content (AvgIpc) is 2.46. The lowest BCUT2D eigenvalue weighted by atomic mass is 9.98. The van der Waals surface area contributed by atoms with E-state index in [4.69, 9.17) is 4.74 Å². The first kappa shape index (κ1) is 15.8. The highest BCUT2D eigenvalue weighted by Crippen LogP contribution is 2.32. The van der Waals surface area contributed by atoms with Gasteiger partial charge in [0.15, 0.2) is 0 Å². The molecule has 0 aliphatic rings. The summed E-state index contributed by atoms with van der Waals surface area (Å²) in [6.07, 6.45) is 0. The second-order valence-corrected chi connectivity index (χ2v) is 6.59. The molecule has 20 heavy (non-hydrogen) atoms. The van der Waals surface area contributed by atoms with Crippen LogP contribution in [0.5, 0.6) is 5.75 Å². The molecular weight excluding hydrogens is 429 g/mol. The summed E-state index contributed by atoms with van der Waals surface area (Å²) in [6.45, 7) is 3.01. The average molecular weight is 446 g/mol. The minimum Gasteiger partial charge on any atom is -0.496 e. The van der Waals surface area contributed by atoms with Crippen LogP contribution in [-0.2, 0) is 0 Å². The Morgan fingerprint density at radius 3 is 2.50 bits per heavy atom. The molecule has 2 nitrogen and oxygen atoms in total. The molecule has 0 aliphatic carbocycles. The van der Waals surface area contributed by atoms with E-state index in [1.807, 2.05) is 12.1 Å². The van der Waals surface area contributed by atoms with Crippen molar-refractivity contribution in [3.8, 4) is 5.75 Å². The van der Waals surface area contributed by atoms with Crippen LogP contribution in [-0.4, -0.2) is 13.7 Å². The molecule has 0 radical (unpaired) electrons. The fourth-order valence-corrected chi connectivity index (χ4v) is 2.94. The van der Waals surface area contributed by atoms with Gasteiger partial charge in [0.05, 0.1) is 13.2 Å². The second kappa shape index (κ2) is 7.43. The van der Waals surface area contributed by atoms with Crippen molar-refractivity contribution < 1.29 is 4.74 Å². The topological polar surface area (TPSA) is 21.3 Å². The summed E-state index contributed by atoms with van der Waals surface area (Å²) in [5.74, 6) is 0.901. The molecule has 0 spiro atoms. The zero-order valence-electron chi connectivity index (χ0n) is 11.5. The predicted molar refractivity (Wildman–Crippen MR) is 95.4 cm³/mol. The Morgan fingerprint density at radius 1 is 1.20 bits per heavy atom. The number of hydrogen-bond acceptors (Lipinski definition) is 2. The monoisotopic (exact) mass is 445 g/mol. The van der Waals surface area contributed by atoms with E-state index >= 15 is 0 Å². The number of nitrogens with one attached hydrogen (secondary N) is 1. The van der Waals surface area contributed by atoms with Crippen molar-refractivity contribution in [2.45, 2.75) is 13.0 Å². The smallest absolute Gasteiger partial charge is 0.124 e. The Kier molecular flexibility index (Phi) is 5.86. The van der Waals surface area contributed by atoms with Crippen LogP contribution in [0.25, 0.3) is 0 Å². The van der Waals surface area contributed by atoms with Gasteiger partial charge in [0, 0.05) is 13.6 Å². The van der Waals surface area contributed by atoms with Gasteiger partial charge in [-0.2, -0.15) is 0 Å². The fourth-order valence-electron chi connectivity index (χ4n) is 2.20. The summed E-state index contributed by atoms with van der Waals surface area (Å²) in [6, 6.07) is 14.8. The van der Waals surface area contributed by atoms with Crippen LogP contribution in [0.2, 0.25) is 0 Å². The lowest BCUT2D eigenvalue weighted by Crippen LogP contribution is -2.22. The van der Waals surface area contributed by atoms with Gasteiger partial charge < -0.3 is 10.1 Å². The van der Waals surface area contributed by atoms with Gasteiger partial charge in [-0.05, 0) is 65.0 Å². The van der Waals surface area contributed by atoms with Crippen LogP contribution in [0.1, 0.15) is 24.1 Å². The van der Waals surface area contributed by atoms with Crippen LogP contribution in [0.4, 0.5) is 0 Å². The van der Waals surface area contributed by atoms with Crippen LogP contribution in [0, 0.1) is 3.57 Å². The molecule has 0 heterocycles. The van der Waals surface area contributed by atoms with Gasteiger partial charge in [-0.15, -0.1) is 0 Å². The van der Waals surface area contributed by atoms with Crippen molar-refractivity contribution in [3.63, 3.8) is 0 Å². The van der Waals surface area contributed by atoms with Gasteiger partial charge >= 0.3 is 0 Å². The van der Waals surface area contributed by atoms with E-state index in [1.54, 1.807) is 7.11 Å². The summed E-state index contributed by atoms with van der Waals surface area (Å²) in [5, 5.41) is 3.53. The molecule has 0 aliphatic heterocycles. The Bertz CT molecular complexity index is 571. The molecule has 0 fully saturated rings. The highest BCUT2D eigenvalue weighted by Gasteiger charge is 2.17. The maximum Gasteiger partial charge on any atom is 0.124 e. The molecule has 1 N–H and O–H groups in total. The maximum absolute atomic E-state index is 5.51. The molecule has 0 saturated heterocycles. The standard InChI is InChI=1S/C16H17BrINO/c1-3-19-16(11-4-7-13(18)8-5-11)14-10-12(17)6-9-15(14)20-2/h4-10,16,19H,3H2,1-2H3. The molecule has 0 aromatic heterocycles. The Hall–Kier alpha value is -0.590. The summed E-state index contributed by atoms with van der Waals surface area (Å²) in [5.41, 5.74) is 2.38. The number of hydrogen-bond donors (Lipinski definition) is 1. The predicted octanol–water partition coefficient (Wildman–Crippen LogP) is 4.76. The SMILES string of the molecule is CCNC(c1ccc(I)cc1)c1cc(Br)ccc1OC. The molecule has 2 aromatic rings. The van der Waals surface area contributed by atoms with Gasteiger partial charge in [0.1, 0.15) is 5.75 Å². The third-order valence-electron chi connectivity index (χ3n) is 3.11. The minimum atomic E-state index is 0.129. The lowest BCUT2D eigenvalue weighted by Gasteiger charge is -2.21. The van der Waals surface area contributed by atoms with E-state index < -0.39 is 0 Å². The third kappa shape index (κ3) is 3.74. The van der Waals surface area contributed by atoms with Gasteiger partial charge in [-0.3, -0.25) is 0 Å². The van der Waals surface area contributed by atoms with E-state index in [0.29, 0.717) is 0 Å². The molecule has 2 aromatic carbocycles. The number of ether oxygens (including phenoxy) is 1. The van der Waals surface area contributed by atoms with Crippen molar-refractivity contribution in [2.24, 2.45) is 0 Å². The molecule has 2 rings (SSSR count).